The second-order valence-corrected chi connectivity index (χ2v) is 12.8. The van der Waals surface area contributed by atoms with Gasteiger partial charge in [-0.1, -0.05) is 26.7 Å². The lowest BCUT2D eigenvalue weighted by atomic mass is 9.69. The molecule has 3 aliphatic heterocycles. The van der Waals surface area contributed by atoms with Gasteiger partial charge < -0.3 is 0 Å². The number of rotatable bonds is 1. The second-order valence-electron chi connectivity index (χ2n) is 11.0. The standard InChI is InChI=1S/C21H32N2O4S/c1-19(2)14-6-9-20(19)13-28(25,26)22(17(20)11-14)18(24)16-7-10-21-8-4-3-5-15(21)12-27-23(16)21/h14-17H,3-13H2,1-2H3/t14-,15+,16-,17-,20-,21-/m1/s1. The van der Waals surface area contributed by atoms with Crippen molar-refractivity contribution in [1.29, 1.82) is 0 Å². The first kappa shape index (κ1) is 18.1. The van der Waals surface area contributed by atoms with E-state index < -0.39 is 16.1 Å². The summed E-state index contributed by atoms with van der Waals surface area (Å²) in [4.78, 5) is 19.8. The summed E-state index contributed by atoms with van der Waals surface area (Å²) in [5, 5.41) is 1.97. The molecule has 6 nitrogen and oxygen atoms in total. The third-order valence-corrected chi connectivity index (χ3v) is 12.0. The highest BCUT2D eigenvalue weighted by atomic mass is 32.2. The van der Waals surface area contributed by atoms with Crippen LogP contribution in [0.25, 0.3) is 0 Å². The number of hydrogen-bond donors (Lipinski definition) is 0. The number of sulfonamides is 1. The summed E-state index contributed by atoms with van der Waals surface area (Å²) in [6.07, 6.45) is 9.25. The van der Waals surface area contributed by atoms with E-state index in [1.54, 1.807) is 0 Å². The van der Waals surface area contributed by atoms with E-state index in [0.717, 1.165) is 38.5 Å². The van der Waals surface area contributed by atoms with Crippen LogP contribution in [0.3, 0.4) is 0 Å². The van der Waals surface area contributed by atoms with Crippen LogP contribution in [0, 0.1) is 22.7 Å². The van der Waals surface area contributed by atoms with Gasteiger partial charge in [-0.15, -0.1) is 0 Å². The second kappa shape index (κ2) is 5.33. The molecule has 7 heteroatoms. The van der Waals surface area contributed by atoms with Gasteiger partial charge in [0.25, 0.3) is 5.91 Å². The molecule has 6 aliphatic rings. The molecule has 0 aromatic carbocycles. The SMILES string of the molecule is CC1(C)[C@@H]2CC[C@]13CS(=O)(=O)N(C(=O)[C@H]1CC[C@]45CCCC[C@H]4CON15)[C@@H]3C2. The zero-order chi connectivity index (χ0) is 19.5. The van der Waals surface area contributed by atoms with Gasteiger partial charge in [-0.05, 0) is 56.3 Å². The Bertz CT molecular complexity index is 841. The molecule has 0 unspecified atom stereocenters. The van der Waals surface area contributed by atoms with Crippen molar-refractivity contribution in [1.82, 2.24) is 9.37 Å². The summed E-state index contributed by atoms with van der Waals surface area (Å²) < 4.78 is 27.9. The van der Waals surface area contributed by atoms with E-state index in [9.17, 15) is 13.2 Å². The molecule has 6 fully saturated rings. The normalized spacial score (nSPS) is 50.6. The molecule has 0 N–H and O–H groups in total. The largest absolute Gasteiger partial charge is 0.297 e. The lowest BCUT2D eigenvalue weighted by Gasteiger charge is -2.40. The summed E-state index contributed by atoms with van der Waals surface area (Å²) in [6.45, 7) is 5.16. The fourth-order valence-corrected chi connectivity index (χ4v) is 11.0. The Morgan fingerprint density at radius 3 is 2.64 bits per heavy atom. The quantitative estimate of drug-likeness (QED) is 0.667. The predicted octanol–water partition coefficient (Wildman–Crippen LogP) is 2.69. The van der Waals surface area contributed by atoms with E-state index >= 15 is 0 Å². The predicted molar refractivity (Wildman–Crippen MR) is 103 cm³/mol. The van der Waals surface area contributed by atoms with Gasteiger partial charge in [0.1, 0.15) is 6.04 Å². The fraction of sp³-hybridized carbons (Fsp3) is 0.952. The van der Waals surface area contributed by atoms with Crippen molar-refractivity contribution in [2.24, 2.45) is 22.7 Å². The Hall–Kier alpha value is -0.660. The molecule has 156 valence electrons. The van der Waals surface area contributed by atoms with Crippen LogP contribution in [0.15, 0.2) is 0 Å². The molecule has 3 saturated carbocycles. The summed E-state index contributed by atoms with van der Waals surface area (Å²) in [5.41, 5.74) is -0.273. The zero-order valence-electron chi connectivity index (χ0n) is 17.0. The van der Waals surface area contributed by atoms with Gasteiger partial charge in [-0.3, -0.25) is 9.63 Å². The fourth-order valence-electron chi connectivity index (χ4n) is 8.42. The van der Waals surface area contributed by atoms with Crippen molar-refractivity contribution in [3.05, 3.63) is 0 Å². The van der Waals surface area contributed by atoms with E-state index in [0.29, 0.717) is 18.4 Å². The molecule has 2 spiro atoms. The summed E-state index contributed by atoms with van der Waals surface area (Å²) in [6, 6.07) is -0.560. The van der Waals surface area contributed by atoms with Crippen LogP contribution >= 0.6 is 0 Å². The highest BCUT2D eigenvalue weighted by Crippen LogP contribution is 2.70. The van der Waals surface area contributed by atoms with Gasteiger partial charge in [0.05, 0.1) is 23.9 Å². The Morgan fingerprint density at radius 2 is 1.86 bits per heavy atom. The summed E-state index contributed by atoms with van der Waals surface area (Å²) >= 11 is 0. The number of amides is 1. The Morgan fingerprint density at radius 1 is 1.04 bits per heavy atom. The Kier molecular flexibility index (Phi) is 3.45. The van der Waals surface area contributed by atoms with Gasteiger partial charge in [0.2, 0.25) is 10.0 Å². The summed E-state index contributed by atoms with van der Waals surface area (Å²) in [7, 11) is -3.56. The topological polar surface area (TPSA) is 66.9 Å². The molecule has 0 radical (unpaired) electrons. The molecule has 6 rings (SSSR count). The van der Waals surface area contributed by atoms with Crippen molar-refractivity contribution in [2.75, 3.05) is 12.4 Å². The third-order valence-electron chi connectivity index (χ3n) is 10.1. The highest BCUT2D eigenvalue weighted by Gasteiger charge is 2.73. The lowest BCUT2D eigenvalue weighted by Crippen LogP contribution is -2.54. The molecule has 6 atom stereocenters. The molecule has 28 heavy (non-hydrogen) atoms. The highest BCUT2D eigenvalue weighted by molar-refractivity contribution is 7.90. The first-order chi connectivity index (χ1) is 13.2. The van der Waals surface area contributed by atoms with E-state index in [1.807, 2.05) is 5.06 Å². The first-order valence-corrected chi connectivity index (χ1v) is 12.8. The minimum absolute atomic E-state index is 0.00469. The van der Waals surface area contributed by atoms with Gasteiger partial charge in [-0.25, -0.2) is 12.7 Å². The number of carbonyl (C=O) groups is 1. The molecule has 3 aliphatic carbocycles. The Labute approximate surface area is 168 Å². The molecule has 3 saturated heterocycles. The number of hydroxylamine groups is 2. The average molecular weight is 409 g/mol. The first-order valence-electron chi connectivity index (χ1n) is 11.2. The van der Waals surface area contributed by atoms with Crippen LogP contribution in [0.4, 0.5) is 0 Å². The molecular weight excluding hydrogens is 376 g/mol. The van der Waals surface area contributed by atoms with Crippen molar-refractivity contribution in [3.63, 3.8) is 0 Å². The number of nitrogens with zero attached hydrogens (tertiary/aromatic N) is 2. The molecule has 3 heterocycles. The third kappa shape index (κ3) is 1.88. The van der Waals surface area contributed by atoms with Crippen LogP contribution in [-0.2, 0) is 19.7 Å². The molecule has 0 aromatic rings. The van der Waals surface area contributed by atoms with E-state index in [1.165, 1.54) is 23.6 Å². The molecule has 1 amide bonds. The van der Waals surface area contributed by atoms with Crippen molar-refractivity contribution in [2.45, 2.75) is 89.3 Å². The number of hydrogen-bond acceptors (Lipinski definition) is 5. The van der Waals surface area contributed by atoms with Gasteiger partial charge >= 0.3 is 0 Å². The van der Waals surface area contributed by atoms with E-state index in [2.05, 4.69) is 13.8 Å². The zero-order valence-corrected chi connectivity index (χ0v) is 17.8. The maximum Gasteiger partial charge on any atom is 0.256 e. The molecule has 2 bridgehead atoms. The minimum Gasteiger partial charge on any atom is -0.297 e. The maximum atomic E-state index is 13.7. The number of carbonyl (C=O) groups excluding carboxylic acids is 1. The maximum absolute atomic E-state index is 13.7. The average Bonchev–Trinajstić information content (AvgIpc) is 3.33. The summed E-state index contributed by atoms with van der Waals surface area (Å²) in [5.74, 6) is 0.987. The van der Waals surface area contributed by atoms with Gasteiger partial charge in [0, 0.05) is 11.3 Å². The van der Waals surface area contributed by atoms with Crippen LogP contribution in [-0.4, -0.2) is 53.7 Å². The monoisotopic (exact) mass is 408 g/mol. The van der Waals surface area contributed by atoms with Crippen LogP contribution in [0.2, 0.25) is 0 Å². The van der Waals surface area contributed by atoms with Crippen LogP contribution in [0.5, 0.6) is 0 Å². The van der Waals surface area contributed by atoms with Gasteiger partial charge in [-0.2, -0.15) is 5.06 Å². The van der Waals surface area contributed by atoms with E-state index in [4.69, 9.17) is 4.84 Å². The number of fused-ring (bicyclic) bond motifs is 1. The van der Waals surface area contributed by atoms with Crippen molar-refractivity contribution >= 4 is 15.9 Å². The molecule has 0 aromatic heterocycles. The smallest absolute Gasteiger partial charge is 0.256 e. The van der Waals surface area contributed by atoms with Crippen LogP contribution < -0.4 is 0 Å². The van der Waals surface area contributed by atoms with Crippen molar-refractivity contribution < 1.29 is 18.0 Å². The van der Waals surface area contributed by atoms with Crippen molar-refractivity contribution in [3.8, 4) is 0 Å². The van der Waals surface area contributed by atoms with E-state index in [-0.39, 0.29) is 34.1 Å². The lowest BCUT2D eigenvalue weighted by molar-refractivity contribution is -0.184. The minimum atomic E-state index is -3.56. The van der Waals surface area contributed by atoms with Gasteiger partial charge in [0.15, 0.2) is 0 Å². The Balaban J connectivity index is 1.34. The molecular formula is C21H32N2O4S. The van der Waals surface area contributed by atoms with Crippen LogP contribution in [0.1, 0.15) is 71.6 Å².